The lowest BCUT2D eigenvalue weighted by Crippen LogP contribution is -2.20. The molecule has 0 atom stereocenters. The van der Waals surface area contributed by atoms with Gasteiger partial charge in [-0.3, -0.25) is 0 Å². The van der Waals surface area contributed by atoms with Gasteiger partial charge in [-0.25, -0.2) is 0 Å². The Balaban J connectivity index is 0.907. The lowest BCUT2D eigenvalue weighted by Gasteiger charge is -2.28. The molecule has 0 fully saturated rings. The summed E-state index contributed by atoms with van der Waals surface area (Å²) in [5.41, 5.74) is 22.8. The highest BCUT2D eigenvalue weighted by Gasteiger charge is 2.36. The Hall–Kier alpha value is -8.46. The van der Waals surface area contributed by atoms with Gasteiger partial charge in [-0.2, -0.15) is 0 Å². The van der Waals surface area contributed by atoms with Crippen molar-refractivity contribution in [2.75, 3.05) is 4.90 Å². The number of anilines is 3. The van der Waals surface area contributed by atoms with Crippen molar-refractivity contribution in [3.8, 4) is 72.6 Å². The number of rotatable bonds is 8. The van der Waals surface area contributed by atoms with Gasteiger partial charge in [0.25, 0.3) is 0 Å². The van der Waals surface area contributed by atoms with Gasteiger partial charge < -0.3 is 9.47 Å². The van der Waals surface area contributed by atoms with Crippen LogP contribution in [0.2, 0.25) is 0 Å². The lowest BCUT2D eigenvalue weighted by atomic mass is 9.75. The fraction of sp³-hybridized carbons (Fsp3) is 0.0462. The molecule has 0 unspecified atom stereocenters. The summed E-state index contributed by atoms with van der Waals surface area (Å²) in [7, 11) is 0. The Bertz CT molecular complexity index is 3450. The van der Waals surface area contributed by atoms with E-state index in [9.17, 15) is 0 Å². The van der Waals surface area contributed by atoms with Gasteiger partial charge in [0.2, 0.25) is 0 Å². The fourth-order valence-electron chi connectivity index (χ4n) is 10.4. The zero-order chi connectivity index (χ0) is 44.9. The molecule has 1 aliphatic rings. The Morgan fingerprint density at radius 3 is 1.18 bits per heavy atom. The Morgan fingerprint density at radius 1 is 0.328 bits per heavy atom. The number of para-hydroxylation sites is 1. The summed E-state index contributed by atoms with van der Waals surface area (Å²) in [5.74, 6) is 0. The molecule has 0 aliphatic heterocycles. The van der Waals surface area contributed by atoms with Crippen molar-refractivity contribution in [3.63, 3.8) is 0 Å². The van der Waals surface area contributed by atoms with Crippen LogP contribution in [0.15, 0.2) is 255 Å². The molecule has 0 bridgehead atoms. The maximum absolute atomic E-state index is 2.48. The monoisotopic (exact) mass is 856 g/mol. The van der Waals surface area contributed by atoms with Crippen molar-refractivity contribution in [2.45, 2.75) is 19.3 Å². The van der Waals surface area contributed by atoms with Gasteiger partial charge in [0, 0.05) is 44.7 Å². The van der Waals surface area contributed by atoms with E-state index in [0.29, 0.717) is 0 Å². The van der Waals surface area contributed by atoms with Crippen LogP contribution in [0.5, 0.6) is 0 Å². The zero-order valence-corrected chi connectivity index (χ0v) is 37.6. The number of nitrogens with zero attached hydrogens (tertiary/aromatic N) is 2. The summed E-state index contributed by atoms with van der Waals surface area (Å²) in [6.45, 7) is 4.75. The predicted octanol–water partition coefficient (Wildman–Crippen LogP) is 17.7. The minimum absolute atomic E-state index is 0.188. The van der Waals surface area contributed by atoms with Crippen LogP contribution in [0.4, 0.5) is 17.1 Å². The molecule has 1 aromatic heterocycles. The van der Waals surface area contributed by atoms with E-state index in [-0.39, 0.29) is 5.41 Å². The van der Waals surface area contributed by atoms with E-state index in [1.54, 1.807) is 0 Å². The van der Waals surface area contributed by atoms with E-state index in [2.05, 4.69) is 278 Å². The van der Waals surface area contributed by atoms with Crippen molar-refractivity contribution in [1.29, 1.82) is 0 Å². The SMILES string of the molecule is CC1(C)c2ccccc2-c2c(n(-c3ccccc3)c3ccc(-c4ccc(-c5ccc(N(c6ccc(-c7ccccc7)cc6)c6ccc(-c7ccccc7)cc6)cc5)cc4)cc23)-c2ccccc21. The summed E-state index contributed by atoms with van der Waals surface area (Å²) in [5, 5.41) is 1.25. The highest BCUT2D eigenvalue weighted by molar-refractivity contribution is 6.09. The van der Waals surface area contributed by atoms with Crippen LogP contribution >= 0.6 is 0 Å². The first-order valence-electron chi connectivity index (χ1n) is 23.3. The standard InChI is InChI=1S/C65H48N2/c1-65(2)60-24-14-12-22-57(60)63-59-44-52(36-43-62(59)67(53-20-10-5-11-21-53)64(63)58-23-13-15-25-61(58)65)51-28-26-47(27-29-51)50-34-41-56(42-35-50)66(54-37-30-48(31-38-54)45-16-6-3-7-17-45)55-39-32-49(33-40-55)46-18-8-4-9-19-46/h3-44H,1-2H3. The molecule has 0 radical (unpaired) electrons. The van der Waals surface area contributed by atoms with E-state index in [0.717, 1.165) is 22.7 Å². The Morgan fingerprint density at radius 2 is 0.687 bits per heavy atom. The van der Waals surface area contributed by atoms with Crippen molar-refractivity contribution >= 4 is 28.0 Å². The number of fused-ring (bicyclic) bond motifs is 7. The van der Waals surface area contributed by atoms with E-state index in [1.165, 1.54) is 88.9 Å². The average molecular weight is 857 g/mol. The largest absolute Gasteiger partial charge is 0.311 e. The molecule has 0 N–H and O–H groups in total. The van der Waals surface area contributed by atoms with Crippen molar-refractivity contribution in [1.82, 2.24) is 4.57 Å². The molecule has 0 saturated carbocycles. The molecule has 11 aromatic rings. The third-order valence-corrected chi connectivity index (χ3v) is 13.8. The van der Waals surface area contributed by atoms with E-state index >= 15 is 0 Å². The average Bonchev–Trinajstić information content (AvgIpc) is 3.71. The molecule has 1 heterocycles. The second kappa shape index (κ2) is 16.5. The van der Waals surface area contributed by atoms with Crippen LogP contribution in [-0.2, 0) is 5.41 Å². The first-order chi connectivity index (χ1) is 33.0. The molecule has 0 spiro atoms. The molecule has 10 aromatic carbocycles. The third-order valence-electron chi connectivity index (χ3n) is 13.8. The lowest BCUT2D eigenvalue weighted by molar-refractivity contribution is 0.646. The Kier molecular flexibility index (Phi) is 9.88. The molecule has 318 valence electrons. The number of hydrogen-bond donors (Lipinski definition) is 0. The van der Waals surface area contributed by atoms with Gasteiger partial charge in [-0.15, -0.1) is 0 Å². The van der Waals surface area contributed by atoms with Crippen LogP contribution in [0.1, 0.15) is 25.0 Å². The summed E-state index contributed by atoms with van der Waals surface area (Å²) < 4.78 is 2.48. The highest BCUT2D eigenvalue weighted by atomic mass is 15.1. The van der Waals surface area contributed by atoms with Crippen LogP contribution in [0, 0.1) is 0 Å². The van der Waals surface area contributed by atoms with Crippen molar-refractivity contribution < 1.29 is 0 Å². The quantitative estimate of drug-likeness (QED) is 0.148. The van der Waals surface area contributed by atoms with Gasteiger partial charge in [-0.05, 0) is 122 Å². The smallest absolute Gasteiger partial charge is 0.0622 e. The molecule has 2 nitrogen and oxygen atoms in total. The summed E-state index contributed by atoms with van der Waals surface area (Å²) >= 11 is 0. The van der Waals surface area contributed by atoms with Gasteiger partial charge in [-0.1, -0.05) is 208 Å². The topological polar surface area (TPSA) is 8.17 Å². The first-order valence-corrected chi connectivity index (χ1v) is 23.3. The molecular formula is C65H48N2. The van der Waals surface area contributed by atoms with Gasteiger partial charge in [0.15, 0.2) is 0 Å². The van der Waals surface area contributed by atoms with Gasteiger partial charge in [0.1, 0.15) is 0 Å². The van der Waals surface area contributed by atoms with E-state index in [1.807, 2.05) is 0 Å². The maximum atomic E-state index is 2.48. The normalized spacial score (nSPS) is 12.4. The summed E-state index contributed by atoms with van der Waals surface area (Å²) in [4.78, 5) is 2.34. The molecule has 0 saturated heterocycles. The van der Waals surface area contributed by atoms with Gasteiger partial charge >= 0.3 is 0 Å². The first kappa shape index (κ1) is 40.1. The molecule has 12 rings (SSSR count). The maximum Gasteiger partial charge on any atom is 0.0622 e. The Labute approximate surface area is 393 Å². The van der Waals surface area contributed by atoms with Crippen LogP contribution in [0.3, 0.4) is 0 Å². The molecule has 1 aliphatic carbocycles. The van der Waals surface area contributed by atoms with E-state index in [4.69, 9.17) is 0 Å². The minimum Gasteiger partial charge on any atom is -0.311 e. The number of benzene rings is 10. The highest BCUT2D eigenvalue weighted by Crippen LogP contribution is 2.53. The minimum atomic E-state index is -0.188. The predicted molar refractivity (Wildman–Crippen MR) is 283 cm³/mol. The fourth-order valence-corrected chi connectivity index (χ4v) is 10.4. The van der Waals surface area contributed by atoms with Crippen molar-refractivity contribution in [3.05, 3.63) is 266 Å². The number of aromatic nitrogens is 1. The summed E-state index contributed by atoms with van der Waals surface area (Å²) in [6, 6.07) is 92.9. The summed E-state index contributed by atoms with van der Waals surface area (Å²) in [6.07, 6.45) is 0. The van der Waals surface area contributed by atoms with Crippen LogP contribution in [-0.4, -0.2) is 4.57 Å². The second-order valence-corrected chi connectivity index (χ2v) is 18.1. The van der Waals surface area contributed by atoms with Crippen molar-refractivity contribution in [2.24, 2.45) is 0 Å². The number of hydrogen-bond acceptors (Lipinski definition) is 1. The van der Waals surface area contributed by atoms with Crippen LogP contribution < -0.4 is 4.90 Å². The second-order valence-electron chi connectivity index (χ2n) is 18.1. The third kappa shape index (κ3) is 7.06. The zero-order valence-electron chi connectivity index (χ0n) is 37.6. The molecular weight excluding hydrogens is 809 g/mol. The molecule has 2 heteroatoms. The van der Waals surface area contributed by atoms with Crippen LogP contribution in [0.25, 0.3) is 83.5 Å². The van der Waals surface area contributed by atoms with E-state index < -0.39 is 0 Å². The van der Waals surface area contributed by atoms with Gasteiger partial charge in [0.05, 0.1) is 11.2 Å². The molecule has 0 amide bonds. The molecule has 67 heavy (non-hydrogen) atoms.